The van der Waals surface area contributed by atoms with E-state index in [2.05, 4.69) is 74.6 Å². The van der Waals surface area contributed by atoms with Crippen molar-refractivity contribution in [2.24, 2.45) is 4.99 Å². The molecule has 4 heteroatoms. The van der Waals surface area contributed by atoms with E-state index >= 15 is 0 Å². The Morgan fingerprint density at radius 3 is 2.17 bits per heavy atom. The molecule has 3 aromatic rings. The zero-order chi connectivity index (χ0) is 15.9. The van der Waals surface area contributed by atoms with Crippen LogP contribution in [0, 0.1) is 0 Å². The first kappa shape index (κ1) is 13.2. The lowest BCUT2D eigenvalue weighted by Crippen LogP contribution is -2.10. The fraction of sp³-hybridized carbons (Fsp3) is 0.0500. The van der Waals surface area contributed by atoms with Crippen molar-refractivity contribution < 1.29 is 0 Å². The highest BCUT2D eigenvalue weighted by atomic mass is 14.8. The van der Waals surface area contributed by atoms with Gasteiger partial charge < -0.3 is 15.0 Å². The molecule has 0 radical (unpaired) electrons. The highest BCUT2D eigenvalue weighted by Gasteiger charge is 2.05. The lowest BCUT2D eigenvalue weighted by atomic mass is 10.2. The van der Waals surface area contributed by atoms with Crippen LogP contribution in [0.4, 0.5) is 0 Å². The second kappa shape index (κ2) is 5.13. The van der Waals surface area contributed by atoms with Gasteiger partial charge in [-0.2, -0.15) is 0 Å². The summed E-state index contributed by atoms with van der Waals surface area (Å²) in [5, 5.41) is 2.12. The minimum Gasteiger partial charge on any atom is -0.359 e. The van der Waals surface area contributed by atoms with Crippen molar-refractivity contribution >= 4 is 23.9 Å². The van der Waals surface area contributed by atoms with Crippen LogP contribution >= 0.6 is 0 Å². The van der Waals surface area contributed by atoms with Crippen LogP contribution in [0.25, 0.3) is 18.2 Å². The molecule has 8 bridgehead atoms. The molecule has 3 aromatic heterocycles. The molecule has 3 N–H and O–H groups in total. The Balaban J connectivity index is 1.70. The van der Waals surface area contributed by atoms with Crippen LogP contribution in [0.2, 0.25) is 0 Å². The van der Waals surface area contributed by atoms with E-state index in [1.54, 1.807) is 0 Å². The Bertz CT molecular complexity index is 1130. The SMILES string of the molecule is C1=CC2=NC1=Cc1ccc([nH]1)Cc1ccc([nH]1)C=c1ccc([nH]1)=C2. The molecule has 2 aliphatic heterocycles. The maximum Gasteiger partial charge on any atom is 0.0658 e. The number of nitrogens with zero attached hydrogens (tertiary/aromatic N) is 1. The van der Waals surface area contributed by atoms with Crippen molar-refractivity contribution in [2.75, 3.05) is 0 Å². The predicted molar refractivity (Wildman–Crippen MR) is 97.0 cm³/mol. The lowest BCUT2D eigenvalue weighted by molar-refractivity contribution is 1.04. The van der Waals surface area contributed by atoms with E-state index in [4.69, 9.17) is 0 Å². The Hall–Kier alpha value is -3.27. The van der Waals surface area contributed by atoms with Crippen molar-refractivity contribution in [3.8, 4) is 0 Å². The first-order valence-electron chi connectivity index (χ1n) is 8.03. The van der Waals surface area contributed by atoms with Gasteiger partial charge in [-0.3, -0.25) is 0 Å². The summed E-state index contributed by atoms with van der Waals surface area (Å²) in [5.74, 6) is 0. The Morgan fingerprint density at radius 1 is 0.667 bits per heavy atom. The van der Waals surface area contributed by atoms with E-state index in [9.17, 15) is 0 Å². The van der Waals surface area contributed by atoms with Gasteiger partial charge in [0.2, 0.25) is 0 Å². The van der Waals surface area contributed by atoms with Crippen molar-refractivity contribution in [3.05, 3.63) is 87.7 Å². The quantitative estimate of drug-likeness (QED) is 0.570. The van der Waals surface area contributed by atoms with Crippen LogP contribution in [0.15, 0.2) is 59.2 Å². The molecule has 0 amide bonds. The second-order valence-corrected chi connectivity index (χ2v) is 6.15. The van der Waals surface area contributed by atoms with Crippen molar-refractivity contribution in [2.45, 2.75) is 6.42 Å². The number of rotatable bonds is 0. The normalized spacial score (nSPS) is 15.5. The van der Waals surface area contributed by atoms with E-state index in [0.29, 0.717) is 0 Å². The first-order chi connectivity index (χ1) is 11.8. The van der Waals surface area contributed by atoms with Gasteiger partial charge in [0.1, 0.15) is 0 Å². The second-order valence-electron chi connectivity index (χ2n) is 6.15. The smallest absolute Gasteiger partial charge is 0.0658 e. The van der Waals surface area contributed by atoms with Gasteiger partial charge in [-0.15, -0.1) is 0 Å². The number of fused-ring (bicyclic) bond motifs is 7. The highest BCUT2D eigenvalue weighted by Crippen LogP contribution is 2.16. The third-order valence-corrected chi connectivity index (χ3v) is 4.25. The molecule has 0 aromatic carbocycles. The number of hydrogen-bond donors (Lipinski definition) is 3. The third-order valence-electron chi connectivity index (χ3n) is 4.25. The molecule has 2 aliphatic rings. The van der Waals surface area contributed by atoms with Gasteiger partial charge in [0.25, 0.3) is 0 Å². The summed E-state index contributed by atoms with van der Waals surface area (Å²) >= 11 is 0. The molecular formula is C20H16N4. The topological polar surface area (TPSA) is 59.7 Å². The van der Waals surface area contributed by atoms with E-state index in [1.165, 1.54) is 11.4 Å². The number of nitrogens with one attached hydrogen (secondary N) is 3. The summed E-state index contributed by atoms with van der Waals surface area (Å²) in [5.41, 5.74) is 6.45. The van der Waals surface area contributed by atoms with Crippen LogP contribution in [0.5, 0.6) is 0 Å². The number of hydrogen-bond acceptors (Lipinski definition) is 1. The lowest BCUT2D eigenvalue weighted by Gasteiger charge is -1.96. The number of aromatic amines is 3. The molecule has 5 heterocycles. The number of aromatic nitrogens is 3. The summed E-state index contributed by atoms with van der Waals surface area (Å²) in [7, 11) is 0. The Morgan fingerprint density at radius 2 is 1.38 bits per heavy atom. The largest absolute Gasteiger partial charge is 0.359 e. The molecule has 116 valence electrons. The zero-order valence-corrected chi connectivity index (χ0v) is 13.0. The fourth-order valence-corrected chi connectivity index (χ4v) is 3.14. The van der Waals surface area contributed by atoms with Gasteiger partial charge in [0.15, 0.2) is 0 Å². The average molecular weight is 312 g/mol. The third kappa shape index (κ3) is 2.48. The Kier molecular flexibility index (Phi) is 2.82. The molecular weight excluding hydrogens is 296 g/mol. The predicted octanol–water partition coefficient (Wildman–Crippen LogP) is 2.24. The highest BCUT2D eigenvalue weighted by molar-refractivity contribution is 6.19. The minimum absolute atomic E-state index is 0.852. The van der Waals surface area contributed by atoms with Gasteiger partial charge in [-0.05, 0) is 66.8 Å². The van der Waals surface area contributed by atoms with Crippen LogP contribution in [0.1, 0.15) is 22.8 Å². The average Bonchev–Trinajstić information content (AvgIpc) is 3.32. The number of H-pyrrole nitrogens is 3. The van der Waals surface area contributed by atoms with Crippen molar-refractivity contribution in [1.82, 2.24) is 15.0 Å². The molecule has 4 nitrogen and oxygen atoms in total. The number of allylic oxidation sites excluding steroid dienone is 2. The van der Waals surface area contributed by atoms with Crippen LogP contribution in [0.3, 0.4) is 0 Å². The first-order valence-corrected chi connectivity index (χ1v) is 8.03. The molecule has 0 spiro atoms. The molecule has 24 heavy (non-hydrogen) atoms. The van der Waals surface area contributed by atoms with Gasteiger partial charge in [0.05, 0.1) is 11.4 Å². The number of aliphatic imine (C=N–C) groups is 1. The van der Waals surface area contributed by atoms with Crippen LogP contribution in [-0.2, 0) is 6.42 Å². The monoisotopic (exact) mass is 312 g/mol. The van der Waals surface area contributed by atoms with Crippen LogP contribution in [-0.4, -0.2) is 20.7 Å². The summed E-state index contributed by atoms with van der Waals surface area (Å²) in [4.78, 5) is 15.0. The molecule has 0 saturated carbocycles. The summed E-state index contributed by atoms with van der Waals surface area (Å²) in [6, 6.07) is 12.6. The van der Waals surface area contributed by atoms with Crippen molar-refractivity contribution in [1.29, 1.82) is 0 Å². The fourth-order valence-electron chi connectivity index (χ4n) is 3.14. The molecule has 0 aliphatic carbocycles. The van der Waals surface area contributed by atoms with E-state index in [1.807, 2.05) is 12.2 Å². The molecule has 0 saturated heterocycles. The maximum atomic E-state index is 4.65. The molecule has 0 fully saturated rings. The van der Waals surface area contributed by atoms with E-state index in [0.717, 1.165) is 39.9 Å². The van der Waals surface area contributed by atoms with Crippen molar-refractivity contribution in [3.63, 3.8) is 0 Å². The summed E-state index contributed by atoms with van der Waals surface area (Å²) in [6.07, 6.45) is 11.2. The van der Waals surface area contributed by atoms with E-state index < -0.39 is 0 Å². The van der Waals surface area contributed by atoms with Gasteiger partial charge in [-0.25, -0.2) is 4.99 Å². The summed E-state index contributed by atoms with van der Waals surface area (Å²) in [6.45, 7) is 0. The maximum absolute atomic E-state index is 4.65. The standard InChI is InChI=1S/C20H16N4/c1-2-14-10-16-5-6-18(23-16)12-20-8-7-19(24-20)11-17-4-3-15(22-17)9-13(1)21-14/h1-11,21,23-24H,12H2. The molecule has 0 atom stereocenters. The molecule has 0 unspecified atom stereocenters. The van der Waals surface area contributed by atoms with E-state index in [-0.39, 0.29) is 0 Å². The summed E-state index contributed by atoms with van der Waals surface area (Å²) < 4.78 is 0. The van der Waals surface area contributed by atoms with Gasteiger partial charge in [0, 0.05) is 39.9 Å². The Labute approximate surface area is 138 Å². The van der Waals surface area contributed by atoms with Gasteiger partial charge in [-0.1, -0.05) is 0 Å². The van der Waals surface area contributed by atoms with Crippen LogP contribution < -0.4 is 10.7 Å². The zero-order valence-electron chi connectivity index (χ0n) is 13.0. The van der Waals surface area contributed by atoms with Gasteiger partial charge >= 0.3 is 0 Å². The molecule has 5 rings (SSSR count). The minimum atomic E-state index is 0.852.